The number of hydrogen-bond donors (Lipinski definition) is 1. The van der Waals surface area contributed by atoms with Crippen molar-refractivity contribution in [2.24, 2.45) is 0 Å². The maximum absolute atomic E-state index is 12.0. The lowest BCUT2D eigenvalue weighted by molar-refractivity contribution is -0.121. The summed E-state index contributed by atoms with van der Waals surface area (Å²) in [5.74, 6) is 0.159. The van der Waals surface area contributed by atoms with Crippen LogP contribution in [-0.4, -0.2) is 29.9 Å². The Morgan fingerprint density at radius 1 is 1.41 bits per heavy atom. The molecule has 22 heavy (non-hydrogen) atoms. The summed E-state index contributed by atoms with van der Waals surface area (Å²) in [4.78, 5) is 16.0. The van der Waals surface area contributed by atoms with Crippen molar-refractivity contribution in [2.45, 2.75) is 38.8 Å². The van der Waals surface area contributed by atoms with E-state index in [0.717, 1.165) is 32.5 Å². The minimum absolute atomic E-state index is 0.159. The van der Waals surface area contributed by atoms with E-state index >= 15 is 0 Å². The maximum Gasteiger partial charge on any atom is 0.220 e. The van der Waals surface area contributed by atoms with Crippen LogP contribution in [0.4, 0.5) is 0 Å². The predicted octanol–water partition coefficient (Wildman–Crippen LogP) is 3.31. The number of hydrogen-bond acceptors (Lipinski definition) is 4. The van der Waals surface area contributed by atoms with Gasteiger partial charge in [0.25, 0.3) is 0 Å². The van der Waals surface area contributed by atoms with Crippen LogP contribution < -0.4 is 5.32 Å². The quantitative estimate of drug-likeness (QED) is 0.879. The van der Waals surface area contributed by atoms with Crippen LogP contribution in [0.1, 0.15) is 29.3 Å². The van der Waals surface area contributed by atoms with Crippen LogP contribution in [0.5, 0.6) is 0 Å². The highest BCUT2D eigenvalue weighted by atomic mass is 32.1. The lowest BCUT2D eigenvalue weighted by Crippen LogP contribution is -2.44. The molecular weight excluding hydrogens is 312 g/mol. The van der Waals surface area contributed by atoms with Gasteiger partial charge in [-0.3, -0.25) is 9.69 Å². The lowest BCUT2D eigenvalue weighted by Gasteiger charge is -2.32. The van der Waals surface area contributed by atoms with Crippen molar-refractivity contribution in [3.63, 3.8) is 0 Å². The zero-order valence-electron chi connectivity index (χ0n) is 12.9. The number of aryl methyl sites for hydroxylation is 1. The van der Waals surface area contributed by atoms with E-state index in [1.54, 1.807) is 11.3 Å². The van der Waals surface area contributed by atoms with Gasteiger partial charge in [-0.1, -0.05) is 0 Å². The highest BCUT2D eigenvalue weighted by molar-refractivity contribution is 7.10. The second-order valence-electron chi connectivity index (χ2n) is 5.87. The van der Waals surface area contributed by atoms with Gasteiger partial charge in [0.2, 0.25) is 5.91 Å². The largest absolute Gasteiger partial charge is 0.355 e. The van der Waals surface area contributed by atoms with Crippen LogP contribution in [-0.2, 0) is 24.2 Å². The van der Waals surface area contributed by atoms with Gasteiger partial charge in [-0.2, -0.15) is 11.3 Å². The predicted molar refractivity (Wildman–Crippen MR) is 93.5 cm³/mol. The summed E-state index contributed by atoms with van der Waals surface area (Å²) in [5.41, 5.74) is 2.72. The molecule has 1 aliphatic rings. The van der Waals surface area contributed by atoms with E-state index in [4.69, 9.17) is 0 Å². The second kappa shape index (κ2) is 7.40. The summed E-state index contributed by atoms with van der Waals surface area (Å²) in [7, 11) is 0. The molecule has 3 nitrogen and oxygen atoms in total. The minimum Gasteiger partial charge on any atom is -0.355 e. The van der Waals surface area contributed by atoms with Crippen LogP contribution >= 0.6 is 22.7 Å². The molecule has 0 bridgehead atoms. The van der Waals surface area contributed by atoms with E-state index in [0.29, 0.717) is 12.5 Å². The highest BCUT2D eigenvalue weighted by Gasteiger charge is 2.21. The van der Waals surface area contributed by atoms with Gasteiger partial charge in [0.15, 0.2) is 0 Å². The molecule has 0 aromatic carbocycles. The number of amides is 1. The first-order valence-electron chi connectivity index (χ1n) is 7.79. The Kier molecular flexibility index (Phi) is 5.28. The van der Waals surface area contributed by atoms with Crippen molar-refractivity contribution in [2.75, 3.05) is 13.1 Å². The van der Waals surface area contributed by atoms with Gasteiger partial charge in [-0.05, 0) is 59.2 Å². The van der Waals surface area contributed by atoms with Crippen LogP contribution in [0.3, 0.4) is 0 Å². The molecule has 5 heteroatoms. The number of nitrogens with one attached hydrogen (secondary N) is 1. The molecule has 0 saturated heterocycles. The number of nitrogens with zero attached hydrogens (tertiary/aromatic N) is 1. The summed E-state index contributed by atoms with van der Waals surface area (Å²) >= 11 is 3.55. The average molecular weight is 335 g/mol. The molecule has 3 heterocycles. The Morgan fingerprint density at radius 3 is 3.14 bits per heavy atom. The lowest BCUT2D eigenvalue weighted by atomic mass is 10.1. The van der Waals surface area contributed by atoms with E-state index in [1.165, 1.54) is 16.0 Å². The Balaban J connectivity index is 1.40. The average Bonchev–Trinajstić information content (AvgIpc) is 3.20. The van der Waals surface area contributed by atoms with Gasteiger partial charge in [-0.15, -0.1) is 11.3 Å². The molecule has 0 spiro atoms. The first-order chi connectivity index (χ1) is 10.7. The van der Waals surface area contributed by atoms with Crippen molar-refractivity contribution in [3.8, 4) is 0 Å². The third kappa shape index (κ3) is 3.97. The Bertz CT molecular complexity index is 606. The monoisotopic (exact) mass is 334 g/mol. The molecule has 1 N–H and O–H groups in total. The van der Waals surface area contributed by atoms with Gasteiger partial charge >= 0.3 is 0 Å². The molecule has 1 unspecified atom stereocenters. The van der Waals surface area contributed by atoms with Gasteiger partial charge in [-0.25, -0.2) is 0 Å². The molecule has 1 amide bonds. The summed E-state index contributed by atoms with van der Waals surface area (Å²) in [6.45, 7) is 5.06. The SMILES string of the molecule is CC(CNC(=O)CCc1ccsc1)N1CCc2sccc2C1. The molecule has 0 saturated carbocycles. The van der Waals surface area contributed by atoms with Crippen LogP contribution in [0.25, 0.3) is 0 Å². The van der Waals surface area contributed by atoms with E-state index in [9.17, 15) is 4.79 Å². The van der Waals surface area contributed by atoms with Crippen LogP contribution in [0.15, 0.2) is 28.3 Å². The number of thiophene rings is 2. The van der Waals surface area contributed by atoms with Gasteiger partial charge in [0.1, 0.15) is 0 Å². The summed E-state index contributed by atoms with van der Waals surface area (Å²) in [6, 6.07) is 4.71. The number of rotatable bonds is 6. The van der Waals surface area contributed by atoms with E-state index in [1.807, 2.05) is 11.3 Å². The highest BCUT2D eigenvalue weighted by Crippen LogP contribution is 2.24. The molecule has 0 radical (unpaired) electrons. The minimum atomic E-state index is 0.159. The molecule has 2 aromatic rings. The molecule has 118 valence electrons. The fraction of sp³-hybridized carbons (Fsp3) is 0.471. The van der Waals surface area contributed by atoms with Gasteiger partial charge in [0, 0.05) is 37.0 Å². The fourth-order valence-electron chi connectivity index (χ4n) is 2.82. The third-order valence-corrected chi connectivity index (χ3v) is 6.03. The van der Waals surface area contributed by atoms with Crippen LogP contribution in [0, 0.1) is 0 Å². The number of carbonyl (C=O) groups excluding carboxylic acids is 1. The first kappa shape index (κ1) is 15.7. The summed E-state index contributed by atoms with van der Waals surface area (Å²) in [5, 5.41) is 9.44. The summed E-state index contributed by atoms with van der Waals surface area (Å²) < 4.78 is 0. The van der Waals surface area contributed by atoms with Crippen molar-refractivity contribution in [1.82, 2.24) is 10.2 Å². The third-order valence-electron chi connectivity index (χ3n) is 4.28. The zero-order chi connectivity index (χ0) is 15.4. The van der Waals surface area contributed by atoms with E-state index < -0.39 is 0 Å². The topological polar surface area (TPSA) is 32.3 Å². The smallest absolute Gasteiger partial charge is 0.220 e. The maximum atomic E-state index is 12.0. The zero-order valence-corrected chi connectivity index (χ0v) is 14.5. The molecule has 0 fully saturated rings. The van der Waals surface area contributed by atoms with Crippen molar-refractivity contribution >= 4 is 28.6 Å². The van der Waals surface area contributed by atoms with E-state index in [2.05, 4.69) is 45.4 Å². The van der Waals surface area contributed by atoms with Crippen molar-refractivity contribution in [1.29, 1.82) is 0 Å². The molecule has 2 aromatic heterocycles. The normalized spacial score (nSPS) is 16.2. The molecule has 1 aliphatic heterocycles. The van der Waals surface area contributed by atoms with Crippen molar-refractivity contribution in [3.05, 3.63) is 44.3 Å². The first-order valence-corrected chi connectivity index (χ1v) is 9.61. The second-order valence-corrected chi connectivity index (χ2v) is 7.65. The van der Waals surface area contributed by atoms with Crippen molar-refractivity contribution < 1.29 is 4.79 Å². The molecule has 1 atom stereocenters. The van der Waals surface area contributed by atoms with Crippen LogP contribution in [0.2, 0.25) is 0 Å². The molecule has 3 rings (SSSR count). The van der Waals surface area contributed by atoms with Gasteiger partial charge in [0.05, 0.1) is 0 Å². The van der Waals surface area contributed by atoms with E-state index in [-0.39, 0.29) is 5.91 Å². The molecular formula is C17H22N2OS2. The molecule has 0 aliphatic carbocycles. The Hall–Kier alpha value is -1.17. The summed E-state index contributed by atoms with van der Waals surface area (Å²) in [6.07, 6.45) is 2.56. The standard InChI is InChI=1S/C17H22N2OS2/c1-13(19-7-4-16-15(11-19)6-9-22-16)10-18-17(20)3-2-14-5-8-21-12-14/h5-6,8-9,12-13H,2-4,7,10-11H2,1H3,(H,18,20). The Labute approximate surface area is 140 Å². The number of carbonyl (C=O) groups is 1. The number of fused-ring (bicyclic) bond motifs is 1. The Morgan fingerprint density at radius 2 is 2.32 bits per heavy atom. The van der Waals surface area contributed by atoms with Gasteiger partial charge < -0.3 is 5.32 Å². The fourth-order valence-corrected chi connectivity index (χ4v) is 4.41.